The van der Waals surface area contributed by atoms with Crippen molar-refractivity contribution in [1.29, 1.82) is 0 Å². The second-order valence-electron chi connectivity index (χ2n) is 2.63. The maximum Gasteiger partial charge on any atom is 0.125 e. The monoisotopic (exact) mass is 238 g/mol. The minimum absolute atomic E-state index is 0.243. The molecule has 13 heavy (non-hydrogen) atoms. The van der Waals surface area contributed by atoms with Gasteiger partial charge in [-0.1, -0.05) is 15.9 Å². The van der Waals surface area contributed by atoms with Gasteiger partial charge in [-0.25, -0.2) is 0 Å². The molecular weight excluding hydrogens is 232 g/mol. The Labute approximate surface area is 83.5 Å². The van der Waals surface area contributed by atoms with Gasteiger partial charge in [0.15, 0.2) is 0 Å². The van der Waals surface area contributed by atoms with Crippen LogP contribution in [0.5, 0.6) is 5.75 Å². The lowest BCUT2D eigenvalue weighted by molar-refractivity contribution is 0.477. The summed E-state index contributed by atoms with van der Waals surface area (Å²) in [5, 5.41) is 16.1. The lowest BCUT2D eigenvalue weighted by atomic mass is 10.1. The zero-order valence-corrected chi connectivity index (χ0v) is 8.25. The Kier molecular flexibility index (Phi) is 2.06. The molecule has 3 nitrogen and oxygen atoms in total. The summed E-state index contributed by atoms with van der Waals surface area (Å²) < 4.78 is 0.926. The molecule has 1 heterocycles. The van der Waals surface area contributed by atoms with E-state index in [4.69, 9.17) is 0 Å². The third-order valence-electron chi connectivity index (χ3n) is 1.75. The van der Waals surface area contributed by atoms with Crippen molar-refractivity contribution in [3.63, 3.8) is 0 Å². The Balaban J connectivity index is 2.57. The Morgan fingerprint density at radius 3 is 2.85 bits per heavy atom. The van der Waals surface area contributed by atoms with Crippen molar-refractivity contribution in [3.05, 3.63) is 34.9 Å². The third kappa shape index (κ3) is 1.58. The van der Waals surface area contributed by atoms with Gasteiger partial charge in [-0.3, -0.25) is 5.10 Å². The topological polar surface area (TPSA) is 48.9 Å². The SMILES string of the molecule is Oc1ccc(Br)cc1-c1ccn[nH]1. The Hall–Kier alpha value is -1.29. The molecule has 1 aromatic carbocycles. The second-order valence-corrected chi connectivity index (χ2v) is 3.55. The molecule has 4 heteroatoms. The Bertz CT molecular complexity index is 412. The normalized spacial score (nSPS) is 10.2. The number of aromatic nitrogens is 2. The van der Waals surface area contributed by atoms with Crippen molar-refractivity contribution in [1.82, 2.24) is 10.2 Å². The van der Waals surface area contributed by atoms with E-state index >= 15 is 0 Å². The smallest absolute Gasteiger partial charge is 0.125 e. The summed E-state index contributed by atoms with van der Waals surface area (Å²) in [7, 11) is 0. The minimum Gasteiger partial charge on any atom is -0.507 e. The number of nitrogens with one attached hydrogen (secondary N) is 1. The molecule has 0 radical (unpaired) electrons. The summed E-state index contributed by atoms with van der Waals surface area (Å²) in [4.78, 5) is 0. The summed E-state index contributed by atoms with van der Waals surface area (Å²) >= 11 is 3.34. The number of H-pyrrole nitrogens is 1. The molecule has 0 spiro atoms. The zero-order chi connectivity index (χ0) is 9.26. The van der Waals surface area contributed by atoms with Crippen molar-refractivity contribution in [3.8, 4) is 17.0 Å². The largest absolute Gasteiger partial charge is 0.507 e. The molecule has 0 saturated heterocycles. The fraction of sp³-hybridized carbons (Fsp3) is 0. The number of hydrogen-bond acceptors (Lipinski definition) is 2. The summed E-state index contributed by atoms with van der Waals surface area (Å²) in [6, 6.07) is 7.07. The second kappa shape index (κ2) is 3.22. The van der Waals surface area contributed by atoms with Crippen molar-refractivity contribution in [2.75, 3.05) is 0 Å². The number of nitrogens with zero attached hydrogens (tertiary/aromatic N) is 1. The average molecular weight is 239 g/mol. The molecule has 2 N–H and O–H groups in total. The van der Waals surface area contributed by atoms with E-state index in [1.54, 1.807) is 18.3 Å². The highest BCUT2D eigenvalue weighted by Gasteiger charge is 2.04. The highest BCUT2D eigenvalue weighted by atomic mass is 79.9. The van der Waals surface area contributed by atoms with Gasteiger partial charge in [-0.2, -0.15) is 5.10 Å². The number of aromatic hydroxyl groups is 1. The molecular formula is C9H7BrN2O. The fourth-order valence-corrected chi connectivity index (χ4v) is 1.49. The molecule has 0 fully saturated rings. The summed E-state index contributed by atoms with van der Waals surface area (Å²) in [6.45, 7) is 0. The number of phenols is 1. The highest BCUT2D eigenvalue weighted by molar-refractivity contribution is 9.10. The summed E-state index contributed by atoms with van der Waals surface area (Å²) in [6.07, 6.45) is 1.65. The summed E-state index contributed by atoms with van der Waals surface area (Å²) in [5.41, 5.74) is 1.55. The first-order valence-corrected chi connectivity index (χ1v) is 4.55. The van der Waals surface area contributed by atoms with E-state index in [1.165, 1.54) is 0 Å². The fourth-order valence-electron chi connectivity index (χ4n) is 1.13. The first kappa shape index (κ1) is 8.31. The standard InChI is InChI=1S/C9H7BrN2O/c10-6-1-2-9(13)7(5-6)8-3-4-11-12-8/h1-5,13H,(H,11,12). The van der Waals surface area contributed by atoms with Crippen LogP contribution in [0.3, 0.4) is 0 Å². The predicted molar refractivity (Wildman–Crippen MR) is 53.4 cm³/mol. The number of halogens is 1. The van der Waals surface area contributed by atoms with Crippen LogP contribution in [0.15, 0.2) is 34.9 Å². The maximum absolute atomic E-state index is 9.54. The third-order valence-corrected chi connectivity index (χ3v) is 2.24. The van der Waals surface area contributed by atoms with Gasteiger partial charge in [0.2, 0.25) is 0 Å². The molecule has 0 aliphatic rings. The summed E-state index contributed by atoms with van der Waals surface area (Å²) in [5.74, 6) is 0.243. The molecule has 2 aromatic rings. The molecule has 1 aromatic heterocycles. The van der Waals surface area contributed by atoms with E-state index in [-0.39, 0.29) is 5.75 Å². The highest BCUT2D eigenvalue weighted by Crippen LogP contribution is 2.29. The molecule has 0 aliphatic carbocycles. The lowest BCUT2D eigenvalue weighted by Gasteiger charge is -2.01. The van der Waals surface area contributed by atoms with Crippen LogP contribution >= 0.6 is 15.9 Å². The molecule has 0 unspecified atom stereocenters. The van der Waals surface area contributed by atoms with Gasteiger partial charge >= 0.3 is 0 Å². The molecule has 0 atom stereocenters. The van der Waals surface area contributed by atoms with Gasteiger partial charge in [-0.05, 0) is 24.3 Å². The van der Waals surface area contributed by atoms with Gasteiger partial charge in [0, 0.05) is 16.2 Å². The number of benzene rings is 1. The van der Waals surface area contributed by atoms with Crippen molar-refractivity contribution in [2.24, 2.45) is 0 Å². The quantitative estimate of drug-likeness (QED) is 0.803. The lowest BCUT2D eigenvalue weighted by Crippen LogP contribution is -1.79. The zero-order valence-electron chi connectivity index (χ0n) is 6.66. The molecule has 0 amide bonds. The van der Waals surface area contributed by atoms with Gasteiger partial charge in [0.1, 0.15) is 5.75 Å². The number of phenolic OH excluding ortho intramolecular Hbond substituents is 1. The number of rotatable bonds is 1. The van der Waals surface area contributed by atoms with Gasteiger partial charge in [0.25, 0.3) is 0 Å². The predicted octanol–water partition coefficient (Wildman–Crippen LogP) is 2.54. The van der Waals surface area contributed by atoms with E-state index in [2.05, 4.69) is 26.1 Å². The maximum atomic E-state index is 9.54. The van der Waals surface area contributed by atoms with Crippen LogP contribution in [-0.4, -0.2) is 15.3 Å². The van der Waals surface area contributed by atoms with Crippen LogP contribution in [0, 0.1) is 0 Å². The van der Waals surface area contributed by atoms with Crippen LogP contribution in [0.1, 0.15) is 0 Å². The molecule has 0 saturated carbocycles. The molecule has 66 valence electrons. The minimum atomic E-state index is 0.243. The van der Waals surface area contributed by atoms with E-state index in [1.807, 2.05) is 12.1 Å². The van der Waals surface area contributed by atoms with Gasteiger partial charge < -0.3 is 5.11 Å². The number of aromatic amines is 1. The van der Waals surface area contributed by atoms with Crippen LogP contribution in [-0.2, 0) is 0 Å². The van der Waals surface area contributed by atoms with E-state index < -0.39 is 0 Å². The first-order valence-electron chi connectivity index (χ1n) is 3.75. The Morgan fingerprint density at radius 2 is 2.15 bits per heavy atom. The van der Waals surface area contributed by atoms with Crippen LogP contribution in [0.2, 0.25) is 0 Å². The number of hydrogen-bond donors (Lipinski definition) is 2. The van der Waals surface area contributed by atoms with Crippen LogP contribution < -0.4 is 0 Å². The van der Waals surface area contributed by atoms with E-state index in [0.717, 1.165) is 15.7 Å². The van der Waals surface area contributed by atoms with Crippen LogP contribution in [0.25, 0.3) is 11.3 Å². The van der Waals surface area contributed by atoms with Gasteiger partial charge in [0.05, 0.1) is 5.69 Å². The van der Waals surface area contributed by atoms with Crippen molar-refractivity contribution in [2.45, 2.75) is 0 Å². The molecule has 2 rings (SSSR count). The van der Waals surface area contributed by atoms with Crippen LogP contribution in [0.4, 0.5) is 0 Å². The van der Waals surface area contributed by atoms with E-state index in [9.17, 15) is 5.11 Å². The van der Waals surface area contributed by atoms with E-state index in [0.29, 0.717) is 0 Å². The first-order chi connectivity index (χ1) is 6.27. The molecule has 0 aliphatic heterocycles. The molecule has 0 bridgehead atoms. The van der Waals surface area contributed by atoms with Gasteiger partial charge in [-0.15, -0.1) is 0 Å². The van der Waals surface area contributed by atoms with Crippen molar-refractivity contribution >= 4 is 15.9 Å². The average Bonchev–Trinajstić information content (AvgIpc) is 2.61. The van der Waals surface area contributed by atoms with Crippen molar-refractivity contribution < 1.29 is 5.11 Å². The Morgan fingerprint density at radius 1 is 1.31 bits per heavy atom.